The number of fused-ring (bicyclic) bond motifs is 1. The molecule has 1 amide bonds. The van der Waals surface area contributed by atoms with Crippen LogP contribution in [0, 0.1) is 5.92 Å². The van der Waals surface area contributed by atoms with Crippen molar-refractivity contribution in [2.75, 3.05) is 26.7 Å². The summed E-state index contributed by atoms with van der Waals surface area (Å²) in [7, 11) is 1.91. The first-order valence-electron chi connectivity index (χ1n) is 7.18. The van der Waals surface area contributed by atoms with Gasteiger partial charge in [0.1, 0.15) is 0 Å². The zero-order chi connectivity index (χ0) is 13.9. The average Bonchev–Trinajstić information content (AvgIpc) is 2.42. The molecule has 2 aromatic carbocycles. The van der Waals surface area contributed by atoms with Gasteiger partial charge in [0.2, 0.25) is 5.91 Å². The Morgan fingerprint density at radius 2 is 1.90 bits per heavy atom. The van der Waals surface area contributed by atoms with E-state index in [9.17, 15) is 4.79 Å². The smallest absolute Gasteiger partial charge is 0.228 e. The Hall–Kier alpha value is -1.58. The molecule has 0 aromatic heterocycles. The second kappa shape index (κ2) is 6.92. The highest BCUT2D eigenvalue weighted by molar-refractivity contribution is 5.86. The first-order valence-corrected chi connectivity index (χ1v) is 7.18. The highest BCUT2D eigenvalue weighted by Crippen LogP contribution is 2.19. The minimum atomic E-state index is 0. The van der Waals surface area contributed by atoms with Crippen LogP contribution in [-0.2, 0) is 11.2 Å². The molecule has 0 spiro atoms. The molecule has 0 bridgehead atoms. The summed E-state index contributed by atoms with van der Waals surface area (Å²) in [6, 6.07) is 14.8. The number of benzene rings is 2. The molecule has 1 aliphatic rings. The third-order valence-electron chi connectivity index (χ3n) is 4.10. The molecule has 1 saturated heterocycles. The van der Waals surface area contributed by atoms with Gasteiger partial charge in [-0.1, -0.05) is 42.5 Å². The Bertz CT molecular complexity index is 620. The van der Waals surface area contributed by atoms with E-state index in [0.717, 1.165) is 26.1 Å². The summed E-state index contributed by atoms with van der Waals surface area (Å²) in [4.78, 5) is 14.0. The van der Waals surface area contributed by atoms with Gasteiger partial charge < -0.3 is 10.2 Å². The van der Waals surface area contributed by atoms with Gasteiger partial charge in [0.05, 0.1) is 5.92 Å². The van der Waals surface area contributed by atoms with Crippen LogP contribution in [0.1, 0.15) is 5.56 Å². The molecule has 0 unspecified atom stereocenters. The lowest BCUT2D eigenvalue weighted by Crippen LogP contribution is -2.51. The van der Waals surface area contributed by atoms with Crippen LogP contribution < -0.4 is 5.32 Å². The summed E-state index contributed by atoms with van der Waals surface area (Å²) in [5, 5.41) is 5.71. The van der Waals surface area contributed by atoms with Crippen LogP contribution in [0.4, 0.5) is 0 Å². The molecule has 4 heteroatoms. The van der Waals surface area contributed by atoms with Gasteiger partial charge >= 0.3 is 0 Å². The van der Waals surface area contributed by atoms with E-state index in [4.69, 9.17) is 0 Å². The van der Waals surface area contributed by atoms with Crippen LogP contribution in [0.5, 0.6) is 0 Å². The number of hydrogen-bond donors (Lipinski definition) is 1. The molecule has 3 nitrogen and oxygen atoms in total. The molecule has 0 atom stereocenters. The molecule has 0 radical (unpaired) electrons. The predicted octanol–water partition coefficient (Wildman–Crippen LogP) is 2.48. The Balaban J connectivity index is 0.00000161. The van der Waals surface area contributed by atoms with Crippen molar-refractivity contribution >= 4 is 29.1 Å². The second-order valence-electron chi connectivity index (χ2n) is 5.50. The molecule has 1 fully saturated rings. The third kappa shape index (κ3) is 3.36. The maximum atomic E-state index is 12.1. The van der Waals surface area contributed by atoms with Crippen molar-refractivity contribution in [3.05, 3.63) is 48.0 Å². The van der Waals surface area contributed by atoms with Crippen molar-refractivity contribution in [2.24, 2.45) is 5.92 Å². The average molecular weight is 305 g/mol. The molecule has 3 rings (SSSR count). The third-order valence-corrected chi connectivity index (χ3v) is 4.10. The van der Waals surface area contributed by atoms with Gasteiger partial charge in [0.25, 0.3) is 0 Å². The van der Waals surface area contributed by atoms with Crippen LogP contribution >= 0.6 is 12.4 Å². The predicted molar refractivity (Wildman–Crippen MR) is 88.9 cm³/mol. The Labute approximate surface area is 131 Å². The molecule has 1 aliphatic heterocycles. The Morgan fingerprint density at radius 3 is 2.62 bits per heavy atom. The second-order valence-corrected chi connectivity index (χ2v) is 5.50. The van der Waals surface area contributed by atoms with Gasteiger partial charge in [-0.15, -0.1) is 12.4 Å². The summed E-state index contributed by atoms with van der Waals surface area (Å²) in [6.07, 6.45) is 0.906. The summed E-state index contributed by atoms with van der Waals surface area (Å²) >= 11 is 0. The van der Waals surface area contributed by atoms with Crippen molar-refractivity contribution in [1.29, 1.82) is 0 Å². The molecule has 112 valence electrons. The fourth-order valence-electron chi connectivity index (χ4n) is 2.68. The number of hydrogen-bond acceptors (Lipinski definition) is 2. The number of halogens is 1. The molecule has 2 aromatic rings. The molecule has 21 heavy (non-hydrogen) atoms. The minimum Gasteiger partial charge on any atom is -0.345 e. The molecule has 0 saturated carbocycles. The van der Waals surface area contributed by atoms with Crippen molar-refractivity contribution in [2.45, 2.75) is 6.42 Å². The topological polar surface area (TPSA) is 32.3 Å². The summed E-state index contributed by atoms with van der Waals surface area (Å²) in [5.74, 6) is 0.455. The van der Waals surface area contributed by atoms with Crippen molar-refractivity contribution < 1.29 is 4.79 Å². The van der Waals surface area contributed by atoms with Crippen LogP contribution in [0.2, 0.25) is 0 Å². The highest BCUT2D eigenvalue weighted by Gasteiger charge is 2.27. The van der Waals surface area contributed by atoms with E-state index < -0.39 is 0 Å². The molecular weight excluding hydrogens is 284 g/mol. The number of carbonyl (C=O) groups excluding carboxylic acids is 1. The van der Waals surface area contributed by atoms with E-state index in [1.165, 1.54) is 16.3 Å². The standard InChI is InChI=1S/C17H20N2O.ClH/c1-19(17(20)15-11-18-12-15)10-9-14-7-4-6-13-5-2-3-8-16(13)14;/h2-8,15,18H,9-12H2,1H3;1H. The Kier molecular flexibility index (Phi) is 5.21. The van der Waals surface area contributed by atoms with Crippen molar-refractivity contribution in [3.63, 3.8) is 0 Å². The van der Waals surface area contributed by atoms with Gasteiger partial charge in [-0.2, -0.15) is 0 Å². The summed E-state index contributed by atoms with van der Waals surface area (Å²) in [6.45, 7) is 2.44. The lowest BCUT2D eigenvalue weighted by atomic mass is 10.0. The first kappa shape index (κ1) is 15.8. The molecular formula is C17H21ClN2O. The van der Waals surface area contributed by atoms with Crippen LogP contribution in [0.25, 0.3) is 10.8 Å². The molecule has 1 N–H and O–H groups in total. The lowest BCUT2D eigenvalue weighted by molar-refractivity contribution is -0.135. The number of carbonyl (C=O) groups is 1. The lowest BCUT2D eigenvalue weighted by Gasteiger charge is -2.30. The summed E-state index contributed by atoms with van der Waals surface area (Å²) in [5.41, 5.74) is 1.31. The molecule has 1 heterocycles. The van der Waals surface area contributed by atoms with Crippen molar-refractivity contribution in [3.8, 4) is 0 Å². The number of nitrogens with one attached hydrogen (secondary N) is 1. The minimum absolute atomic E-state index is 0. The maximum Gasteiger partial charge on any atom is 0.228 e. The van der Waals surface area contributed by atoms with E-state index in [0.29, 0.717) is 0 Å². The highest BCUT2D eigenvalue weighted by atomic mass is 35.5. The zero-order valence-corrected chi connectivity index (χ0v) is 13.0. The normalized spacial score (nSPS) is 14.3. The maximum absolute atomic E-state index is 12.1. The fraction of sp³-hybridized carbons (Fsp3) is 0.353. The van der Waals surface area contributed by atoms with Gasteiger partial charge in [-0.25, -0.2) is 0 Å². The van der Waals surface area contributed by atoms with E-state index in [2.05, 4.69) is 47.8 Å². The van der Waals surface area contributed by atoms with E-state index in [1.54, 1.807) is 0 Å². The fourth-order valence-corrected chi connectivity index (χ4v) is 2.68. The summed E-state index contributed by atoms with van der Waals surface area (Å²) < 4.78 is 0. The van der Waals surface area contributed by atoms with Gasteiger partial charge in [-0.3, -0.25) is 4.79 Å². The van der Waals surface area contributed by atoms with Crippen LogP contribution in [0.15, 0.2) is 42.5 Å². The number of rotatable bonds is 4. The van der Waals surface area contributed by atoms with Gasteiger partial charge in [-0.05, 0) is 22.8 Å². The number of nitrogens with zero attached hydrogens (tertiary/aromatic N) is 1. The van der Waals surface area contributed by atoms with Gasteiger partial charge in [0, 0.05) is 26.7 Å². The van der Waals surface area contributed by atoms with E-state index in [-0.39, 0.29) is 24.2 Å². The zero-order valence-electron chi connectivity index (χ0n) is 12.2. The largest absolute Gasteiger partial charge is 0.345 e. The Morgan fingerprint density at radius 1 is 1.19 bits per heavy atom. The van der Waals surface area contributed by atoms with Gasteiger partial charge in [0.15, 0.2) is 0 Å². The van der Waals surface area contributed by atoms with E-state index in [1.807, 2.05) is 11.9 Å². The monoisotopic (exact) mass is 304 g/mol. The van der Waals surface area contributed by atoms with Crippen molar-refractivity contribution in [1.82, 2.24) is 10.2 Å². The van der Waals surface area contributed by atoms with Crippen LogP contribution in [0.3, 0.4) is 0 Å². The molecule has 0 aliphatic carbocycles. The first-order chi connectivity index (χ1) is 9.75. The number of amides is 1. The quantitative estimate of drug-likeness (QED) is 0.941. The van der Waals surface area contributed by atoms with E-state index >= 15 is 0 Å². The number of likely N-dealkylation sites (N-methyl/N-ethyl adjacent to an activating group) is 1. The van der Waals surface area contributed by atoms with Crippen LogP contribution in [-0.4, -0.2) is 37.5 Å². The SMILES string of the molecule is CN(CCc1cccc2ccccc12)C(=O)C1CNC1.Cl.